The summed E-state index contributed by atoms with van der Waals surface area (Å²) >= 11 is 0. The van der Waals surface area contributed by atoms with Crippen molar-refractivity contribution in [2.75, 3.05) is 10.2 Å². The average molecular weight is 417 g/mol. The van der Waals surface area contributed by atoms with Crippen LogP contribution in [0.2, 0.25) is 0 Å². The predicted molar refractivity (Wildman–Crippen MR) is 120 cm³/mol. The lowest BCUT2D eigenvalue weighted by Crippen LogP contribution is -2.34. The molecule has 1 aliphatic heterocycles. The molecule has 3 fully saturated rings. The van der Waals surface area contributed by atoms with Crippen molar-refractivity contribution in [2.45, 2.75) is 46.0 Å². The van der Waals surface area contributed by atoms with Crippen LogP contribution in [0.25, 0.3) is 0 Å². The third-order valence-electron chi connectivity index (χ3n) is 7.55. The monoisotopic (exact) mass is 416 g/mol. The summed E-state index contributed by atoms with van der Waals surface area (Å²) in [4.78, 5) is 41.3. The number of carbonyl (C=O) groups excluding carboxylic acids is 3. The molecule has 2 bridgehead atoms. The van der Waals surface area contributed by atoms with Gasteiger partial charge in [0.15, 0.2) is 0 Å². The number of nitrogens with one attached hydrogen (secondary N) is 1. The van der Waals surface area contributed by atoms with Crippen LogP contribution in [0.4, 0.5) is 11.4 Å². The van der Waals surface area contributed by atoms with Crippen LogP contribution in [0.3, 0.4) is 0 Å². The molecule has 5 heteroatoms. The zero-order valence-electron chi connectivity index (χ0n) is 18.1. The van der Waals surface area contributed by atoms with Gasteiger partial charge < -0.3 is 5.32 Å². The van der Waals surface area contributed by atoms with Gasteiger partial charge in [-0.3, -0.25) is 14.4 Å². The highest BCUT2D eigenvalue weighted by atomic mass is 16.2. The highest BCUT2D eigenvalue weighted by Gasteiger charge is 2.61. The highest BCUT2D eigenvalue weighted by Crippen LogP contribution is 2.56. The normalized spacial score (nSPS) is 26.5. The summed E-state index contributed by atoms with van der Waals surface area (Å²) in [6.45, 7) is 4.12. The number of para-hydroxylation sites is 2. The van der Waals surface area contributed by atoms with Crippen molar-refractivity contribution in [3.63, 3.8) is 0 Å². The molecule has 0 aromatic heterocycles. The number of anilines is 2. The van der Waals surface area contributed by atoms with E-state index in [9.17, 15) is 14.4 Å². The molecule has 5 nitrogen and oxygen atoms in total. The van der Waals surface area contributed by atoms with Gasteiger partial charge in [0.1, 0.15) is 0 Å². The number of fused-ring (bicyclic) bond motifs is 5. The molecule has 1 N–H and O–H groups in total. The fraction of sp³-hybridized carbons (Fsp3) is 0.423. The van der Waals surface area contributed by atoms with Crippen molar-refractivity contribution in [1.82, 2.24) is 0 Å². The van der Waals surface area contributed by atoms with Gasteiger partial charge in [-0.25, -0.2) is 4.90 Å². The van der Waals surface area contributed by atoms with Crippen LogP contribution in [0.15, 0.2) is 42.5 Å². The second kappa shape index (κ2) is 7.63. The smallest absolute Gasteiger partial charge is 0.257 e. The van der Waals surface area contributed by atoms with E-state index in [4.69, 9.17) is 0 Å². The summed E-state index contributed by atoms with van der Waals surface area (Å²) in [5.74, 6) is -0.283. The number of hydrogen-bond donors (Lipinski definition) is 1. The third-order valence-corrected chi connectivity index (χ3v) is 7.55. The van der Waals surface area contributed by atoms with Gasteiger partial charge in [-0.05, 0) is 67.2 Å². The highest BCUT2D eigenvalue weighted by molar-refractivity contribution is 6.25. The minimum Gasteiger partial charge on any atom is -0.321 e. The Morgan fingerprint density at radius 1 is 0.903 bits per heavy atom. The number of benzene rings is 2. The maximum absolute atomic E-state index is 13.4. The van der Waals surface area contributed by atoms with Crippen LogP contribution in [-0.2, 0) is 22.4 Å². The molecular formula is C26H28N2O3. The Bertz CT molecular complexity index is 1030. The Hall–Kier alpha value is -2.95. The van der Waals surface area contributed by atoms with Crippen molar-refractivity contribution in [3.05, 3.63) is 59.2 Å². The Labute approximate surface area is 182 Å². The van der Waals surface area contributed by atoms with Gasteiger partial charge in [0, 0.05) is 5.69 Å². The van der Waals surface area contributed by atoms with E-state index in [1.165, 1.54) is 4.90 Å². The molecule has 1 saturated heterocycles. The third kappa shape index (κ3) is 3.01. The van der Waals surface area contributed by atoms with Crippen molar-refractivity contribution in [2.24, 2.45) is 23.7 Å². The topological polar surface area (TPSA) is 66.5 Å². The lowest BCUT2D eigenvalue weighted by molar-refractivity contribution is -0.123. The fourth-order valence-electron chi connectivity index (χ4n) is 6.09. The first-order valence-corrected chi connectivity index (χ1v) is 11.4. The van der Waals surface area contributed by atoms with E-state index in [-0.39, 0.29) is 29.6 Å². The average Bonchev–Trinajstić information content (AvgIpc) is 3.47. The SMILES string of the molecule is CCc1cccc(CC)c1NC(=O)c1ccccc1N1C(=O)[C@H]2[C@@H]3CC[C@H](C3)[C@@H]2C1=O. The number of aryl methyl sites for hydroxylation is 2. The minimum atomic E-state index is -0.285. The molecule has 2 saturated carbocycles. The van der Waals surface area contributed by atoms with E-state index >= 15 is 0 Å². The summed E-state index contributed by atoms with van der Waals surface area (Å²) in [6.07, 6.45) is 4.68. The van der Waals surface area contributed by atoms with Crippen LogP contribution >= 0.6 is 0 Å². The van der Waals surface area contributed by atoms with E-state index in [2.05, 4.69) is 19.2 Å². The fourth-order valence-corrected chi connectivity index (χ4v) is 6.09. The molecule has 4 atom stereocenters. The standard InChI is InChI=1S/C26H28N2O3/c1-3-15-8-7-9-16(4-2)23(15)27-24(29)19-10-5-6-11-20(19)28-25(30)21-17-12-13-18(14-17)22(21)26(28)31/h5-11,17-18,21-22H,3-4,12-14H2,1-2H3,(H,27,29)/t17-,18-,21+,22+/m1/s1. The molecule has 160 valence electrons. The molecular weight excluding hydrogens is 388 g/mol. The van der Waals surface area contributed by atoms with Crippen LogP contribution in [0, 0.1) is 23.7 Å². The van der Waals surface area contributed by atoms with Crippen molar-refractivity contribution >= 4 is 29.1 Å². The van der Waals surface area contributed by atoms with Gasteiger partial charge in [-0.1, -0.05) is 44.2 Å². The summed E-state index contributed by atoms with van der Waals surface area (Å²) in [7, 11) is 0. The molecule has 2 aromatic rings. The second-order valence-electron chi connectivity index (χ2n) is 9.03. The number of rotatable bonds is 5. The molecule has 1 heterocycles. The first-order chi connectivity index (χ1) is 15.0. The van der Waals surface area contributed by atoms with Crippen LogP contribution < -0.4 is 10.2 Å². The zero-order chi connectivity index (χ0) is 21.7. The number of nitrogens with zero attached hydrogens (tertiary/aromatic N) is 1. The molecule has 5 rings (SSSR count). The molecule has 0 spiro atoms. The lowest BCUT2D eigenvalue weighted by Gasteiger charge is -2.21. The predicted octanol–water partition coefficient (Wildman–Crippen LogP) is 4.60. The zero-order valence-corrected chi connectivity index (χ0v) is 18.1. The molecule has 2 aliphatic carbocycles. The minimum absolute atomic E-state index is 0.120. The quantitative estimate of drug-likeness (QED) is 0.725. The summed E-state index contributed by atoms with van der Waals surface area (Å²) in [6, 6.07) is 13.0. The lowest BCUT2D eigenvalue weighted by atomic mass is 9.81. The van der Waals surface area contributed by atoms with Gasteiger partial charge in [-0.2, -0.15) is 0 Å². The van der Waals surface area contributed by atoms with Gasteiger partial charge in [0.2, 0.25) is 11.8 Å². The van der Waals surface area contributed by atoms with Crippen LogP contribution in [-0.4, -0.2) is 17.7 Å². The van der Waals surface area contributed by atoms with E-state index in [0.717, 1.165) is 48.9 Å². The van der Waals surface area contributed by atoms with Gasteiger partial charge in [0.05, 0.1) is 23.1 Å². The Morgan fingerprint density at radius 2 is 1.48 bits per heavy atom. The molecule has 3 amide bonds. The van der Waals surface area contributed by atoms with Crippen LogP contribution in [0.5, 0.6) is 0 Å². The summed E-state index contributed by atoms with van der Waals surface area (Å²) in [5.41, 5.74) is 3.76. The number of hydrogen-bond acceptors (Lipinski definition) is 3. The molecule has 31 heavy (non-hydrogen) atoms. The maximum Gasteiger partial charge on any atom is 0.257 e. The molecule has 0 radical (unpaired) electrons. The number of amides is 3. The largest absolute Gasteiger partial charge is 0.321 e. The van der Waals surface area contributed by atoms with E-state index in [0.29, 0.717) is 23.1 Å². The van der Waals surface area contributed by atoms with Crippen molar-refractivity contribution in [1.29, 1.82) is 0 Å². The van der Waals surface area contributed by atoms with E-state index < -0.39 is 0 Å². The summed E-state index contributed by atoms with van der Waals surface area (Å²) < 4.78 is 0. The van der Waals surface area contributed by atoms with E-state index in [1.54, 1.807) is 24.3 Å². The summed E-state index contributed by atoms with van der Waals surface area (Å²) in [5, 5.41) is 3.08. The van der Waals surface area contributed by atoms with Gasteiger partial charge in [0.25, 0.3) is 5.91 Å². The molecule has 3 aliphatic rings. The first kappa shape index (κ1) is 20.0. The first-order valence-electron chi connectivity index (χ1n) is 11.4. The van der Waals surface area contributed by atoms with E-state index in [1.807, 2.05) is 18.2 Å². The molecule has 0 unspecified atom stereocenters. The Kier molecular flexibility index (Phi) is 4.92. The Balaban J connectivity index is 1.49. The van der Waals surface area contributed by atoms with Gasteiger partial charge in [-0.15, -0.1) is 0 Å². The number of imide groups is 1. The molecule has 2 aromatic carbocycles. The number of carbonyl (C=O) groups is 3. The van der Waals surface area contributed by atoms with Crippen molar-refractivity contribution < 1.29 is 14.4 Å². The van der Waals surface area contributed by atoms with Gasteiger partial charge >= 0.3 is 0 Å². The van der Waals surface area contributed by atoms with Crippen LogP contribution in [0.1, 0.15) is 54.6 Å². The Morgan fingerprint density at radius 3 is 2.06 bits per heavy atom. The van der Waals surface area contributed by atoms with Crippen molar-refractivity contribution in [3.8, 4) is 0 Å². The second-order valence-corrected chi connectivity index (χ2v) is 9.03. The maximum atomic E-state index is 13.4.